The number of rotatable bonds is 7. The molecule has 1 fully saturated rings. The van der Waals surface area contributed by atoms with Crippen LogP contribution in [0.4, 0.5) is 0 Å². The quantitative estimate of drug-likeness (QED) is 0.594. The van der Waals surface area contributed by atoms with Gasteiger partial charge in [0.25, 0.3) is 5.91 Å². The van der Waals surface area contributed by atoms with E-state index in [1.54, 1.807) is 17.0 Å². The number of ether oxygens (including phenoxy) is 1. The molecule has 7 nitrogen and oxygen atoms in total. The molecule has 23 heavy (non-hydrogen) atoms. The fraction of sp³-hybridized carbons (Fsp3) is 0.438. The predicted octanol–water partition coefficient (Wildman–Crippen LogP) is 0.862. The fourth-order valence-electron chi connectivity index (χ4n) is 2.31. The third kappa shape index (κ3) is 4.45. The van der Waals surface area contributed by atoms with Gasteiger partial charge in [0.15, 0.2) is 6.10 Å². The Morgan fingerprint density at radius 1 is 1.61 bits per heavy atom. The number of hydrogen-bond donors (Lipinski definition) is 1. The lowest BCUT2D eigenvalue weighted by Gasteiger charge is -2.17. The standard InChI is InChI=1S/C16H20N2O5/c1-3-6-17-15(20)11(2)23-16(21)12-8-14(19)18(9-12)10-13-5-4-7-22-13/h3-5,7,11-12H,1,6,8-10H2,2H3,(H,17,20)/t11-,12+/m0/s1. The maximum absolute atomic E-state index is 12.1. The van der Waals surface area contributed by atoms with Crippen molar-refractivity contribution in [3.05, 3.63) is 36.8 Å². The molecule has 0 unspecified atom stereocenters. The van der Waals surface area contributed by atoms with Crippen LogP contribution in [-0.4, -0.2) is 41.9 Å². The maximum Gasteiger partial charge on any atom is 0.312 e. The second-order valence-electron chi connectivity index (χ2n) is 5.37. The molecule has 2 amide bonds. The first kappa shape index (κ1) is 16.8. The van der Waals surface area contributed by atoms with Crippen LogP contribution in [0.3, 0.4) is 0 Å². The molecule has 2 atom stereocenters. The van der Waals surface area contributed by atoms with Gasteiger partial charge in [-0.3, -0.25) is 14.4 Å². The number of likely N-dealkylation sites (tertiary alicyclic amines) is 1. The molecule has 1 aliphatic rings. The van der Waals surface area contributed by atoms with E-state index in [-0.39, 0.29) is 18.9 Å². The van der Waals surface area contributed by atoms with E-state index in [0.717, 1.165) is 0 Å². The minimum absolute atomic E-state index is 0.0839. The van der Waals surface area contributed by atoms with Crippen LogP contribution in [0.25, 0.3) is 0 Å². The van der Waals surface area contributed by atoms with E-state index in [1.165, 1.54) is 19.3 Å². The van der Waals surface area contributed by atoms with Crippen molar-refractivity contribution in [2.75, 3.05) is 13.1 Å². The molecular weight excluding hydrogens is 300 g/mol. The third-order valence-electron chi connectivity index (χ3n) is 3.56. The Labute approximate surface area is 134 Å². The van der Waals surface area contributed by atoms with Crippen molar-refractivity contribution in [2.24, 2.45) is 5.92 Å². The molecule has 1 aromatic rings. The number of carbonyl (C=O) groups is 3. The van der Waals surface area contributed by atoms with Crippen LogP contribution in [0.5, 0.6) is 0 Å². The van der Waals surface area contributed by atoms with Crippen LogP contribution in [-0.2, 0) is 25.7 Å². The summed E-state index contributed by atoms with van der Waals surface area (Å²) in [6.45, 7) is 5.88. The minimum Gasteiger partial charge on any atom is -0.467 e. The highest BCUT2D eigenvalue weighted by Crippen LogP contribution is 2.22. The topological polar surface area (TPSA) is 88.8 Å². The van der Waals surface area contributed by atoms with Crippen LogP contribution in [0.15, 0.2) is 35.5 Å². The number of amides is 2. The summed E-state index contributed by atoms with van der Waals surface area (Å²) >= 11 is 0. The molecule has 0 bridgehead atoms. The summed E-state index contributed by atoms with van der Waals surface area (Å²) in [5, 5.41) is 2.55. The van der Waals surface area contributed by atoms with Crippen molar-refractivity contribution in [2.45, 2.75) is 26.0 Å². The molecule has 1 N–H and O–H groups in total. The summed E-state index contributed by atoms with van der Waals surface area (Å²) in [6.07, 6.45) is 2.25. The van der Waals surface area contributed by atoms with Gasteiger partial charge in [-0.2, -0.15) is 0 Å². The monoisotopic (exact) mass is 320 g/mol. The molecule has 1 aromatic heterocycles. The van der Waals surface area contributed by atoms with E-state index in [0.29, 0.717) is 18.8 Å². The first-order valence-corrected chi connectivity index (χ1v) is 7.40. The van der Waals surface area contributed by atoms with Crippen LogP contribution < -0.4 is 5.32 Å². The second-order valence-corrected chi connectivity index (χ2v) is 5.37. The van der Waals surface area contributed by atoms with Gasteiger partial charge in [0, 0.05) is 19.5 Å². The van der Waals surface area contributed by atoms with E-state index in [9.17, 15) is 14.4 Å². The Bertz CT molecular complexity index is 581. The third-order valence-corrected chi connectivity index (χ3v) is 3.56. The molecule has 1 aliphatic heterocycles. The van der Waals surface area contributed by atoms with E-state index < -0.39 is 23.9 Å². The van der Waals surface area contributed by atoms with Crippen molar-refractivity contribution >= 4 is 17.8 Å². The highest BCUT2D eigenvalue weighted by Gasteiger charge is 2.36. The van der Waals surface area contributed by atoms with Gasteiger partial charge in [0.1, 0.15) is 5.76 Å². The largest absolute Gasteiger partial charge is 0.467 e. The summed E-state index contributed by atoms with van der Waals surface area (Å²) in [6, 6.07) is 3.51. The van der Waals surface area contributed by atoms with Crippen LogP contribution in [0.2, 0.25) is 0 Å². The first-order chi connectivity index (χ1) is 11.0. The van der Waals surface area contributed by atoms with E-state index >= 15 is 0 Å². The lowest BCUT2D eigenvalue weighted by atomic mass is 10.1. The van der Waals surface area contributed by atoms with Gasteiger partial charge in [-0.25, -0.2) is 0 Å². The van der Waals surface area contributed by atoms with Crippen molar-refractivity contribution in [1.29, 1.82) is 0 Å². The molecule has 0 saturated carbocycles. The average molecular weight is 320 g/mol. The van der Waals surface area contributed by atoms with E-state index in [4.69, 9.17) is 9.15 Å². The van der Waals surface area contributed by atoms with Gasteiger partial charge >= 0.3 is 5.97 Å². The highest BCUT2D eigenvalue weighted by atomic mass is 16.5. The smallest absolute Gasteiger partial charge is 0.312 e. The number of nitrogens with one attached hydrogen (secondary N) is 1. The Morgan fingerprint density at radius 3 is 3.04 bits per heavy atom. The number of nitrogens with zero attached hydrogens (tertiary/aromatic N) is 1. The molecule has 0 aliphatic carbocycles. The Morgan fingerprint density at radius 2 is 2.39 bits per heavy atom. The molecule has 2 heterocycles. The molecule has 1 saturated heterocycles. The first-order valence-electron chi connectivity index (χ1n) is 7.40. The SMILES string of the molecule is C=CCNC(=O)[C@H](C)OC(=O)[C@@H]1CC(=O)N(Cc2ccco2)C1. The summed E-state index contributed by atoms with van der Waals surface area (Å²) in [7, 11) is 0. The van der Waals surface area contributed by atoms with Gasteiger partial charge < -0.3 is 19.4 Å². The number of furan rings is 1. The second kappa shape index (κ2) is 7.62. The number of esters is 1. The highest BCUT2D eigenvalue weighted by molar-refractivity contribution is 5.88. The summed E-state index contributed by atoms with van der Waals surface area (Å²) < 4.78 is 10.3. The molecule has 2 rings (SSSR count). The van der Waals surface area contributed by atoms with Crippen LogP contribution >= 0.6 is 0 Å². The van der Waals surface area contributed by atoms with Gasteiger partial charge in [-0.15, -0.1) is 6.58 Å². The molecule has 0 spiro atoms. The molecule has 0 radical (unpaired) electrons. The molecule has 0 aromatic carbocycles. The van der Waals surface area contributed by atoms with Crippen molar-refractivity contribution < 1.29 is 23.5 Å². The zero-order valence-electron chi connectivity index (χ0n) is 13.0. The average Bonchev–Trinajstić information content (AvgIpc) is 3.15. The van der Waals surface area contributed by atoms with Crippen molar-refractivity contribution in [3.63, 3.8) is 0 Å². The number of hydrogen-bond acceptors (Lipinski definition) is 5. The van der Waals surface area contributed by atoms with Crippen molar-refractivity contribution in [1.82, 2.24) is 10.2 Å². The zero-order chi connectivity index (χ0) is 16.8. The van der Waals surface area contributed by atoms with Crippen LogP contribution in [0.1, 0.15) is 19.1 Å². The van der Waals surface area contributed by atoms with Gasteiger partial charge in [-0.1, -0.05) is 6.08 Å². The molecular formula is C16H20N2O5. The Hall–Kier alpha value is -2.57. The van der Waals surface area contributed by atoms with Gasteiger partial charge in [-0.05, 0) is 19.1 Å². The summed E-state index contributed by atoms with van der Waals surface area (Å²) in [4.78, 5) is 37.3. The van der Waals surface area contributed by atoms with Crippen LogP contribution in [0, 0.1) is 5.92 Å². The van der Waals surface area contributed by atoms with E-state index in [1.807, 2.05) is 0 Å². The minimum atomic E-state index is -0.906. The van der Waals surface area contributed by atoms with Crippen molar-refractivity contribution in [3.8, 4) is 0 Å². The van der Waals surface area contributed by atoms with E-state index in [2.05, 4.69) is 11.9 Å². The Kier molecular flexibility index (Phi) is 5.56. The molecule has 7 heteroatoms. The predicted molar refractivity (Wildman–Crippen MR) is 81.0 cm³/mol. The maximum atomic E-state index is 12.1. The van der Waals surface area contributed by atoms with Gasteiger partial charge in [0.05, 0.1) is 18.7 Å². The van der Waals surface area contributed by atoms with Gasteiger partial charge in [0.2, 0.25) is 5.91 Å². The lowest BCUT2D eigenvalue weighted by Crippen LogP contribution is -2.37. The fourth-order valence-corrected chi connectivity index (χ4v) is 2.31. The summed E-state index contributed by atoms with van der Waals surface area (Å²) in [5.41, 5.74) is 0. The summed E-state index contributed by atoms with van der Waals surface area (Å²) in [5.74, 6) is -0.972. The Balaban J connectivity index is 1.85. The normalized spacial score (nSPS) is 18.6. The lowest BCUT2D eigenvalue weighted by molar-refractivity contribution is -0.158. The zero-order valence-corrected chi connectivity index (χ0v) is 13.0. The molecule has 124 valence electrons. The number of carbonyl (C=O) groups excluding carboxylic acids is 3.